The van der Waals surface area contributed by atoms with Crippen LogP contribution < -0.4 is 0 Å². The molecule has 2 atom stereocenters. The van der Waals surface area contributed by atoms with Crippen LogP contribution in [0.4, 0.5) is 0 Å². The van der Waals surface area contributed by atoms with Gasteiger partial charge in [-0.05, 0) is 24.2 Å². The molecule has 1 fully saturated rings. The SMILES string of the molecule is CC.CC(C)C1CN(C(=O)CC#N)CCC1C. The van der Waals surface area contributed by atoms with Crippen LogP contribution in [0.1, 0.15) is 47.5 Å². The summed E-state index contributed by atoms with van der Waals surface area (Å²) >= 11 is 0. The van der Waals surface area contributed by atoms with Crippen LogP contribution in [0.15, 0.2) is 0 Å². The van der Waals surface area contributed by atoms with E-state index < -0.39 is 0 Å². The number of carbonyl (C=O) groups excluding carboxylic acids is 1. The first-order chi connectivity index (χ1) is 8.06. The normalized spacial score (nSPS) is 23.7. The summed E-state index contributed by atoms with van der Waals surface area (Å²) in [6.07, 6.45) is 1.10. The number of nitrogens with zero attached hydrogens (tertiary/aromatic N) is 2. The van der Waals surface area contributed by atoms with Crippen LogP contribution in [0, 0.1) is 29.1 Å². The van der Waals surface area contributed by atoms with Crippen molar-refractivity contribution in [2.45, 2.75) is 47.5 Å². The van der Waals surface area contributed by atoms with Gasteiger partial charge in [0.25, 0.3) is 0 Å². The molecule has 1 saturated heterocycles. The first-order valence-corrected chi connectivity index (χ1v) is 6.71. The summed E-state index contributed by atoms with van der Waals surface area (Å²) < 4.78 is 0. The summed E-state index contributed by atoms with van der Waals surface area (Å²) in [5, 5.41) is 8.50. The van der Waals surface area contributed by atoms with Crippen LogP contribution in [-0.2, 0) is 4.79 Å². The predicted octanol–water partition coefficient (Wildman–Crippen LogP) is 3.07. The van der Waals surface area contributed by atoms with Crippen molar-refractivity contribution in [3.8, 4) is 6.07 Å². The van der Waals surface area contributed by atoms with E-state index in [0.29, 0.717) is 17.8 Å². The van der Waals surface area contributed by atoms with E-state index in [4.69, 9.17) is 5.26 Å². The Hall–Kier alpha value is -1.04. The minimum absolute atomic E-state index is 0.00458. The van der Waals surface area contributed by atoms with Gasteiger partial charge in [-0.25, -0.2) is 0 Å². The highest BCUT2D eigenvalue weighted by atomic mass is 16.2. The molecule has 3 nitrogen and oxygen atoms in total. The molecule has 98 valence electrons. The molecule has 0 N–H and O–H groups in total. The number of hydrogen-bond acceptors (Lipinski definition) is 2. The lowest BCUT2D eigenvalue weighted by atomic mass is 9.79. The molecule has 0 aromatic carbocycles. The standard InChI is InChI=1S/C12H20N2O.C2H6/c1-9(2)11-8-14(7-5-10(11)3)12(15)4-6-13;1-2/h9-11H,4-5,7-8H2,1-3H3;1-2H3. The molecular weight excluding hydrogens is 212 g/mol. The largest absolute Gasteiger partial charge is 0.342 e. The van der Waals surface area contributed by atoms with Crippen LogP contribution in [0.2, 0.25) is 0 Å². The molecule has 1 rings (SSSR count). The molecule has 17 heavy (non-hydrogen) atoms. The maximum Gasteiger partial charge on any atom is 0.236 e. The van der Waals surface area contributed by atoms with Crippen molar-refractivity contribution in [2.24, 2.45) is 17.8 Å². The maximum atomic E-state index is 11.6. The van der Waals surface area contributed by atoms with Gasteiger partial charge in [-0.15, -0.1) is 0 Å². The van der Waals surface area contributed by atoms with Gasteiger partial charge in [0, 0.05) is 13.1 Å². The number of carbonyl (C=O) groups is 1. The van der Waals surface area contributed by atoms with E-state index >= 15 is 0 Å². The Morgan fingerprint density at radius 1 is 1.47 bits per heavy atom. The Morgan fingerprint density at radius 2 is 2.06 bits per heavy atom. The Bertz CT molecular complexity index is 268. The third kappa shape index (κ3) is 4.77. The third-order valence-corrected chi connectivity index (χ3v) is 3.46. The van der Waals surface area contributed by atoms with Gasteiger partial charge in [0.05, 0.1) is 6.07 Å². The molecule has 0 aromatic heterocycles. The molecule has 1 aliphatic rings. The molecule has 1 amide bonds. The first kappa shape index (κ1) is 16.0. The lowest BCUT2D eigenvalue weighted by Crippen LogP contribution is -2.44. The highest BCUT2D eigenvalue weighted by Crippen LogP contribution is 2.29. The molecule has 0 bridgehead atoms. The summed E-state index contributed by atoms with van der Waals surface area (Å²) in [6.45, 7) is 12.3. The molecule has 0 saturated carbocycles. The Kier molecular flexibility index (Phi) is 7.61. The molecule has 1 heterocycles. The third-order valence-electron chi connectivity index (χ3n) is 3.46. The van der Waals surface area contributed by atoms with E-state index in [0.717, 1.165) is 19.5 Å². The van der Waals surface area contributed by atoms with Gasteiger partial charge >= 0.3 is 0 Å². The summed E-state index contributed by atoms with van der Waals surface area (Å²) in [5.74, 6) is 1.88. The zero-order valence-corrected chi connectivity index (χ0v) is 11.9. The zero-order valence-electron chi connectivity index (χ0n) is 11.9. The molecule has 3 heteroatoms. The summed E-state index contributed by atoms with van der Waals surface area (Å²) in [6, 6.07) is 1.93. The van der Waals surface area contributed by atoms with Crippen LogP contribution in [0.3, 0.4) is 0 Å². The Balaban J connectivity index is 0.00000121. The van der Waals surface area contributed by atoms with E-state index in [-0.39, 0.29) is 12.3 Å². The second-order valence-electron chi connectivity index (χ2n) is 4.85. The molecule has 0 radical (unpaired) electrons. The van der Waals surface area contributed by atoms with Crippen molar-refractivity contribution in [3.05, 3.63) is 0 Å². The van der Waals surface area contributed by atoms with Crippen LogP contribution in [-0.4, -0.2) is 23.9 Å². The van der Waals surface area contributed by atoms with Crippen LogP contribution in [0.25, 0.3) is 0 Å². The summed E-state index contributed by atoms with van der Waals surface area (Å²) in [4.78, 5) is 13.4. The van der Waals surface area contributed by atoms with E-state index in [1.54, 1.807) is 0 Å². The highest BCUT2D eigenvalue weighted by Gasteiger charge is 2.30. The number of amides is 1. The summed E-state index contributed by atoms with van der Waals surface area (Å²) in [5.41, 5.74) is 0. The number of nitriles is 1. The minimum atomic E-state index is -0.00458. The lowest BCUT2D eigenvalue weighted by Gasteiger charge is -2.39. The Labute approximate surface area is 106 Å². The van der Waals surface area contributed by atoms with E-state index in [1.165, 1.54) is 0 Å². The average molecular weight is 238 g/mol. The second-order valence-corrected chi connectivity index (χ2v) is 4.85. The zero-order chi connectivity index (χ0) is 13.4. The van der Waals surface area contributed by atoms with Crippen LogP contribution in [0.5, 0.6) is 0 Å². The maximum absolute atomic E-state index is 11.6. The van der Waals surface area contributed by atoms with Crippen molar-refractivity contribution < 1.29 is 4.79 Å². The van der Waals surface area contributed by atoms with E-state index in [1.807, 2.05) is 24.8 Å². The Morgan fingerprint density at radius 3 is 2.53 bits per heavy atom. The average Bonchev–Trinajstić information content (AvgIpc) is 2.32. The molecule has 2 unspecified atom stereocenters. The molecule has 0 spiro atoms. The number of piperidine rings is 1. The van der Waals surface area contributed by atoms with Gasteiger partial charge in [-0.2, -0.15) is 5.26 Å². The lowest BCUT2D eigenvalue weighted by molar-refractivity contribution is -0.133. The molecule has 1 aliphatic heterocycles. The van der Waals surface area contributed by atoms with E-state index in [9.17, 15) is 4.79 Å². The van der Waals surface area contributed by atoms with Gasteiger partial charge in [-0.1, -0.05) is 34.6 Å². The van der Waals surface area contributed by atoms with Gasteiger partial charge in [0.15, 0.2) is 0 Å². The number of hydrogen-bond donors (Lipinski definition) is 0. The second kappa shape index (κ2) is 8.11. The van der Waals surface area contributed by atoms with Crippen molar-refractivity contribution in [2.75, 3.05) is 13.1 Å². The van der Waals surface area contributed by atoms with Crippen molar-refractivity contribution in [1.29, 1.82) is 5.26 Å². The van der Waals surface area contributed by atoms with Gasteiger partial charge in [0.2, 0.25) is 5.91 Å². The first-order valence-electron chi connectivity index (χ1n) is 6.71. The quantitative estimate of drug-likeness (QED) is 0.742. The smallest absolute Gasteiger partial charge is 0.236 e. The van der Waals surface area contributed by atoms with E-state index in [2.05, 4.69) is 20.8 Å². The van der Waals surface area contributed by atoms with Gasteiger partial charge in [-0.3, -0.25) is 4.79 Å². The fourth-order valence-corrected chi connectivity index (χ4v) is 2.37. The fraction of sp³-hybridized carbons (Fsp3) is 0.857. The monoisotopic (exact) mass is 238 g/mol. The molecule has 0 aromatic rings. The predicted molar refractivity (Wildman–Crippen MR) is 70.3 cm³/mol. The minimum Gasteiger partial charge on any atom is -0.342 e. The van der Waals surface area contributed by atoms with Crippen molar-refractivity contribution in [1.82, 2.24) is 4.90 Å². The van der Waals surface area contributed by atoms with Crippen molar-refractivity contribution >= 4 is 5.91 Å². The molecule has 0 aliphatic carbocycles. The van der Waals surface area contributed by atoms with Crippen LogP contribution >= 0.6 is 0 Å². The number of likely N-dealkylation sites (tertiary alicyclic amines) is 1. The van der Waals surface area contributed by atoms with Gasteiger partial charge < -0.3 is 4.90 Å². The number of rotatable bonds is 2. The van der Waals surface area contributed by atoms with Crippen molar-refractivity contribution in [3.63, 3.8) is 0 Å². The highest BCUT2D eigenvalue weighted by molar-refractivity contribution is 5.78. The molecular formula is C14H26N2O. The summed E-state index contributed by atoms with van der Waals surface area (Å²) in [7, 11) is 0. The topological polar surface area (TPSA) is 44.1 Å². The fourth-order valence-electron chi connectivity index (χ4n) is 2.37. The van der Waals surface area contributed by atoms with Gasteiger partial charge in [0.1, 0.15) is 6.42 Å².